The molecule has 1 fully saturated rings. The fraction of sp³-hybridized carbons (Fsp3) is 1.00. The van der Waals surface area contributed by atoms with Crippen LogP contribution in [-0.2, 0) is 0 Å². The highest BCUT2D eigenvalue weighted by Gasteiger charge is 2.23. The molecule has 1 N–H and O–H groups in total. The molecule has 1 heterocycles. The molecule has 0 radical (unpaired) electrons. The van der Waals surface area contributed by atoms with Gasteiger partial charge in [0.05, 0.1) is 0 Å². The SMILES string of the molecule is CCNC(CC)CN1CCCN(C)CC1CC. The van der Waals surface area contributed by atoms with E-state index >= 15 is 0 Å². The van der Waals surface area contributed by atoms with Gasteiger partial charge in [-0.05, 0) is 45.9 Å². The predicted octanol–water partition coefficient (Wildman–Crippen LogP) is 1.79. The minimum atomic E-state index is 0.664. The van der Waals surface area contributed by atoms with Gasteiger partial charge in [0, 0.05) is 25.2 Å². The lowest BCUT2D eigenvalue weighted by atomic mass is 10.1. The average Bonchev–Trinajstić information content (AvgIpc) is 2.50. The summed E-state index contributed by atoms with van der Waals surface area (Å²) < 4.78 is 0. The molecule has 0 bridgehead atoms. The van der Waals surface area contributed by atoms with Crippen molar-refractivity contribution in [1.82, 2.24) is 15.1 Å². The molecule has 0 saturated carbocycles. The number of nitrogens with one attached hydrogen (secondary N) is 1. The summed E-state index contributed by atoms with van der Waals surface area (Å²) in [6.07, 6.45) is 3.82. The molecule has 0 aliphatic carbocycles. The van der Waals surface area contributed by atoms with Gasteiger partial charge in [-0.25, -0.2) is 0 Å². The first kappa shape index (κ1) is 14.9. The second-order valence-corrected chi connectivity index (χ2v) is 5.34. The summed E-state index contributed by atoms with van der Waals surface area (Å²) in [4.78, 5) is 5.20. The summed E-state index contributed by atoms with van der Waals surface area (Å²) in [6.45, 7) is 12.9. The second kappa shape index (κ2) is 8.06. The standard InChI is InChI=1S/C14H31N3/c1-5-13(15-7-3)11-17-10-8-9-16(4)12-14(17)6-2/h13-15H,5-12H2,1-4H3. The van der Waals surface area contributed by atoms with Crippen LogP contribution in [-0.4, -0.2) is 61.7 Å². The van der Waals surface area contributed by atoms with Gasteiger partial charge in [0.25, 0.3) is 0 Å². The highest BCUT2D eigenvalue weighted by Crippen LogP contribution is 2.13. The monoisotopic (exact) mass is 241 g/mol. The van der Waals surface area contributed by atoms with Gasteiger partial charge in [-0.1, -0.05) is 20.8 Å². The topological polar surface area (TPSA) is 18.5 Å². The summed E-state index contributed by atoms with van der Waals surface area (Å²) in [5.74, 6) is 0. The molecule has 2 atom stereocenters. The van der Waals surface area contributed by atoms with Gasteiger partial charge < -0.3 is 10.2 Å². The van der Waals surface area contributed by atoms with Gasteiger partial charge in [-0.2, -0.15) is 0 Å². The van der Waals surface area contributed by atoms with Crippen LogP contribution in [0, 0.1) is 0 Å². The molecule has 0 aromatic carbocycles. The maximum absolute atomic E-state index is 3.60. The molecule has 102 valence electrons. The third-order valence-corrected chi connectivity index (χ3v) is 3.94. The van der Waals surface area contributed by atoms with Crippen LogP contribution in [0.5, 0.6) is 0 Å². The Hall–Kier alpha value is -0.120. The Balaban J connectivity index is 2.52. The highest BCUT2D eigenvalue weighted by atomic mass is 15.2. The molecule has 1 saturated heterocycles. The zero-order chi connectivity index (χ0) is 12.7. The molecule has 0 aromatic rings. The van der Waals surface area contributed by atoms with Crippen molar-refractivity contribution in [2.75, 3.05) is 39.8 Å². The minimum Gasteiger partial charge on any atom is -0.313 e. The van der Waals surface area contributed by atoms with E-state index in [0.717, 1.165) is 12.6 Å². The van der Waals surface area contributed by atoms with Crippen molar-refractivity contribution in [2.45, 2.75) is 52.1 Å². The Kier molecular flexibility index (Phi) is 7.09. The van der Waals surface area contributed by atoms with E-state index in [1.807, 2.05) is 0 Å². The molecule has 1 rings (SSSR count). The van der Waals surface area contributed by atoms with E-state index in [1.54, 1.807) is 0 Å². The Morgan fingerprint density at radius 3 is 2.59 bits per heavy atom. The number of rotatable bonds is 6. The molecule has 2 unspecified atom stereocenters. The highest BCUT2D eigenvalue weighted by molar-refractivity contribution is 4.81. The second-order valence-electron chi connectivity index (χ2n) is 5.34. The van der Waals surface area contributed by atoms with Crippen LogP contribution in [0.15, 0.2) is 0 Å². The van der Waals surface area contributed by atoms with E-state index in [1.165, 1.54) is 45.4 Å². The molecule has 1 aliphatic rings. The van der Waals surface area contributed by atoms with Gasteiger partial charge in [0.15, 0.2) is 0 Å². The van der Waals surface area contributed by atoms with E-state index < -0.39 is 0 Å². The minimum absolute atomic E-state index is 0.664. The lowest BCUT2D eigenvalue weighted by molar-refractivity contribution is 0.165. The quantitative estimate of drug-likeness (QED) is 0.765. The van der Waals surface area contributed by atoms with Crippen LogP contribution >= 0.6 is 0 Å². The Labute approximate surface area is 108 Å². The number of likely N-dealkylation sites (N-methyl/N-ethyl adjacent to an activating group) is 2. The zero-order valence-electron chi connectivity index (χ0n) is 12.2. The van der Waals surface area contributed by atoms with Crippen LogP contribution in [0.1, 0.15) is 40.0 Å². The van der Waals surface area contributed by atoms with Crippen molar-refractivity contribution in [3.05, 3.63) is 0 Å². The van der Waals surface area contributed by atoms with Crippen molar-refractivity contribution in [1.29, 1.82) is 0 Å². The summed E-state index contributed by atoms with van der Waals surface area (Å²) in [5, 5.41) is 3.60. The molecular formula is C14H31N3. The fourth-order valence-corrected chi connectivity index (χ4v) is 2.83. The molecule has 1 aliphatic heterocycles. The first-order valence-corrected chi connectivity index (χ1v) is 7.37. The van der Waals surface area contributed by atoms with E-state index in [4.69, 9.17) is 0 Å². The van der Waals surface area contributed by atoms with Crippen molar-refractivity contribution in [3.63, 3.8) is 0 Å². The third-order valence-electron chi connectivity index (χ3n) is 3.94. The number of hydrogen-bond donors (Lipinski definition) is 1. The lowest BCUT2D eigenvalue weighted by Crippen LogP contribution is -2.47. The molecule has 0 spiro atoms. The van der Waals surface area contributed by atoms with Gasteiger partial charge >= 0.3 is 0 Å². The van der Waals surface area contributed by atoms with Gasteiger partial charge in [-0.3, -0.25) is 4.90 Å². The Morgan fingerprint density at radius 2 is 2.00 bits per heavy atom. The zero-order valence-corrected chi connectivity index (χ0v) is 12.2. The Morgan fingerprint density at radius 1 is 1.24 bits per heavy atom. The summed E-state index contributed by atoms with van der Waals surface area (Å²) >= 11 is 0. The van der Waals surface area contributed by atoms with E-state index in [0.29, 0.717) is 6.04 Å². The van der Waals surface area contributed by atoms with Crippen molar-refractivity contribution < 1.29 is 0 Å². The van der Waals surface area contributed by atoms with Crippen LogP contribution in [0.4, 0.5) is 0 Å². The maximum atomic E-state index is 3.60. The van der Waals surface area contributed by atoms with Gasteiger partial charge in [0.1, 0.15) is 0 Å². The molecule has 3 heteroatoms. The van der Waals surface area contributed by atoms with Crippen molar-refractivity contribution in [3.8, 4) is 0 Å². The van der Waals surface area contributed by atoms with Crippen LogP contribution in [0.3, 0.4) is 0 Å². The largest absolute Gasteiger partial charge is 0.313 e. The van der Waals surface area contributed by atoms with Crippen LogP contribution < -0.4 is 5.32 Å². The van der Waals surface area contributed by atoms with E-state index in [2.05, 4.69) is 42.9 Å². The summed E-state index contributed by atoms with van der Waals surface area (Å²) in [7, 11) is 2.26. The van der Waals surface area contributed by atoms with Crippen molar-refractivity contribution >= 4 is 0 Å². The smallest absolute Gasteiger partial charge is 0.0221 e. The fourth-order valence-electron chi connectivity index (χ4n) is 2.83. The third kappa shape index (κ3) is 4.94. The molecule has 0 amide bonds. The first-order valence-electron chi connectivity index (χ1n) is 7.37. The average molecular weight is 241 g/mol. The van der Waals surface area contributed by atoms with Crippen molar-refractivity contribution in [2.24, 2.45) is 0 Å². The van der Waals surface area contributed by atoms with Gasteiger partial charge in [0.2, 0.25) is 0 Å². The van der Waals surface area contributed by atoms with Crippen LogP contribution in [0.25, 0.3) is 0 Å². The molecule has 3 nitrogen and oxygen atoms in total. The van der Waals surface area contributed by atoms with Gasteiger partial charge in [-0.15, -0.1) is 0 Å². The van der Waals surface area contributed by atoms with E-state index in [9.17, 15) is 0 Å². The van der Waals surface area contributed by atoms with Crippen LogP contribution in [0.2, 0.25) is 0 Å². The predicted molar refractivity (Wildman–Crippen MR) is 75.5 cm³/mol. The maximum Gasteiger partial charge on any atom is 0.0221 e. The number of nitrogens with zero attached hydrogens (tertiary/aromatic N) is 2. The molecule has 17 heavy (non-hydrogen) atoms. The van der Waals surface area contributed by atoms with E-state index in [-0.39, 0.29) is 0 Å². The summed E-state index contributed by atoms with van der Waals surface area (Å²) in [5.41, 5.74) is 0. The summed E-state index contributed by atoms with van der Waals surface area (Å²) in [6, 6.07) is 1.41. The number of hydrogen-bond acceptors (Lipinski definition) is 3. The Bertz CT molecular complexity index is 196. The normalized spacial score (nSPS) is 25.8. The molecular weight excluding hydrogens is 210 g/mol. The lowest BCUT2D eigenvalue weighted by Gasteiger charge is -2.33. The molecule has 0 aromatic heterocycles. The first-order chi connectivity index (χ1) is 8.21.